The fraction of sp³-hybridized carbons (Fsp3) is 0.292. The maximum absolute atomic E-state index is 12.8. The van der Waals surface area contributed by atoms with Gasteiger partial charge in [-0.15, -0.1) is 11.8 Å². The van der Waals surface area contributed by atoms with Crippen LogP contribution in [-0.2, 0) is 4.74 Å². The minimum absolute atomic E-state index is 0.0271. The SMILES string of the molecule is CSc1ccc(NC(=O)O[C@@H](c2ccc(O)c3ccccc23)C(C)(C)CCO)cc1. The molecule has 158 valence electrons. The van der Waals surface area contributed by atoms with E-state index in [4.69, 9.17) is 4.74 Å². The highest BCUT2D eigenvalue weighted by molar-refractivity contribution is 7.98. The van der Waals surface area contributed by atoms with E-state index in [0.29, 0.717) is 17.5 Å². The number of anilines is 1. The molecular weight excluding hydrogens is 398 g/mol. The molecule has 0 saturated heterocycles. The lowest BCUT2D eigenvalue weighted by molar-refractivity contribution is 0.0161. The summed E-state index contributed by atoms with van der Waals surface area (Å²) in [6.07, 6.45) is 1.25. The minimum atomic E-state index is -0.624. The average molecular weight is 426 g/mol. The summed E-state index contributed by atoms with van der Waals surface area (Å²) < 4.78 is 5.91. The second-order valence-electron chi connectivity index (χ2n) is 7.82. The number of carbonyl (C=O) groups is 1. The van der Waals surface area contributed by atoms with Crippen LogP contribution in [0.3, 0.4) is 0 Å². The molecule has 0 aliphatic rings. The van der Waals surface area contributed by atoms with Gasteiger partial charge in [0, 0.05) is 33.6 Å². The molecule has 0 radical (unpaired) electrons. The van der Waals surface area contributed by atoms with Gasteiger partial charge in [-0.3, -0.25) is 5.32 Å². The standard InChI is InChI=1S/C24H27NO4S/c1-24(2,14-15-26)22(20-12-13-21(27)19-7-5-4-6-18(19)20)29-23(28)25-16-8-10-17(30-3)11-9-16/h4-13,22,26-27H,14-15H2,1-3H3,(H,25,28)/t22-/m0/s1. The van der Waals surface area contributed by atoms with Gasteiger partial charge < -0.3 is 14.9 Å². The lowest BCUT2D eigenvalue weighted by Gasteiger charge is -2.34. The maximum Gasteiger partial charge on any atom is 0.412 e. The molecule has 5 nitrogen and oxygen atoms in total. The van der Waals surface area contributed by atoms with E-state index < -0.39 is 17.6 Å². The van der Waals surface area contributed by atoms with Crippen molar-refractivity contribution in [3.8, 4) is 5.75 Å². The predicted molar refractivity (Wildman–Crippen MR) is 122 cm³/mol. The first-order valence-electron chi connectivity index (χ1n) is 9.79. The third-order valence-electron chi connectivity index (χ3n) is 5.24. The van der Waals surface area contributed by atoms with E-state index in [1.807, 2.05) is 68.6 Å². The highest BCUT2D eigenvalue weighted by atomic mass is 32.2. The second kappa shape index (κ2) is 9.41. The number of phenolic OH excluding ortho intramolecular Hbond substituents is 1. The summed E-state index contributed by atoms with van der Waals surface area (Å²) in [5.41, 5.74) is 0.899. The van der Waals surface area contributed by atoms with Gasteiger partial charge in [0.2, 0.25) is 0 Å². The molecular formula is C24H27NO4S. The molecule has 0 spiro atoms. The monoisotopic (exact) mass is 425 g/mol. The predicted octanol–water partition coefficient (Wildman–Crippen LogP) is 5.97. The van der Waals surface area contributed by atoms with Crippen molar-refractivity contribution in [3.05, 3.63) is 66.2 Å². The Morgan fingerprint density at radius 2 is 1.73 bits per heavy atom. The van der Waals surface area contributed by atoms with Gasteiger partial charge in [0.05, 0.1) is 0 Å². The van der Waals surface area contributed by atoms with Gasteiger partial charge in [-0.1, -0.05) is 44.2 Å². The van der Waals surface area contributed by atoms with Gasteiger partial charge in [-0.2, -0.15) is 0 Å². The number of aliphatic hydroxyl groups is 1. The largest absolute Gasteiger partial charge is 0.507 e. The molecule has 3 aromatic rings. The van der Waals surface area contributed by atoms with Crippen LogP contribution in [0.1, 0.15) is 31.9 Å². The number of nitrogens with one attached hydrogen (secondary N) is 1. The zero-order valence-electron chi connectivity index (χ0n) is 17.4. The highest BCUT2D eigenvalue weighted by Crippen LogP contribution is 2.43. The van der Waals surface area contributed by atoms with Crippen LogP contribution in [0.2, 0.25) is 0 Å². The van der Waals surface area contributed by atoms with Gasteiger partial charge >= 0.3 is 6.09 Å². The first-order chi connectivity index (χ1) is 14.4. The molecule has 3 N–H and O–H groups in total. The van der Waals surface area contributed by atoms with E-state index in [1.165, 1.54) is 0 Å². The van der Waals surface area contributed by atoms with Gasteiger partial charge in [0.1, 0.15) is 11.9 Å². The van der Waals surface area contributed by atoms with Crippen molar-refractivity contribution in [2.24, 2.45) is 5.41 Å². The third kappa shape index (κ3) is 4.89. The Hall–Kier alpha value is -2.70. The van der Waals surface area contributed by atoms with E-state index in [-0.39, 0.29) is 12.4 Å². The lowest BCUT2D eigenvalue weighted by Crippen LogP contribution is -2.30. The second-order valence-corrected chi connectivity index (χ2v) is 8.70. The molecule has 0 heterocycles. The average Bonchev–Trinajstić information content (AvgIpc) is 2.73. The lowest BCUT2D eigenvalue weighted by atomic mass is 9.78. The number of phenols is 1. The number of hydrogen-bond donors (Lipinski definition) is 3. The van der Waals surface area contributed by atoms with Crippen molar-refractivity contribution in [1.82, 2.24) is 0 Å². The molecule has 0 unspecified atom stereocenters. The summed E-state index contributed by atoms with van der Waals surface area (Å²) in [5, 5.41) is 24.1. The Morgan fingerprint density at radius 1 is 1.07 bits per heavy atom. The van der Waals surface area contributed by atoms with Crippen LogP contribution in [0.25, 0.3) is 10.8 Å². The van der Waals surface area contributed by atoms with E-state index >= 15 is 0 Å². The summed E-state index contributed by atoms with van der Waals surface area (Å²) in [6.45, 7) is 3.88. The first kappa shape index (κ1) is 22.0. The number of ether oxygens (including phenoxy) is 1. The summed E-state index contributed by atoms with van der Waals surface area (Å²) in [6, 6.07) is 18.4. The summed E-state index contributed by atoms with van der Waals surface area (Å²) >= 11 is 1.63. The van der Waals surface area contributed by atoms with Crippen molar-refractivity contribution in [2.45, 2.75) is 31.3 Å². The Bertz CT molecular complexity index is 1020. The Morgan fingerprint density at radius 3 is 2.37 bits per heavy atom. The van der Waals surface area contributed by atoms with Crippen LogP contribution in [0.5, 0.6) is 5.75 Å². The van der Waals surface area contributed by atoms with Gasteiger partial charge in [0.25, 0.3) is 0 Å². The van der Waals surface area contributed by atoms with Gasteiger partial charge in [0.15, 0.2) is 0 Å². The van der Waals surface area contributed by atoms with Crippen LogP contribution >= 0.6 is 11.8 Å². The topological polar surface area (TPSA) is 78.8 Å². The Kier molecular flexibility index (Phi) is 6.90. The van der Waals surface area contributed by atoms with Crippen LogP contribution in [0, 0.1) is 5.41 Å². The number of rotatable bonds is 7. The number of aromatic hydroxyl groups is 1. The molecule has 0 fully saturated rings. The summed E-state index contributed by atoms with van der Waals surface area (Å²) in [7, 11) is 0. The molecule has 1 atom stereocenters. The first-order valence-corrected chi connectivity index (χ1v) is 11.0. The number of benzene rings is 3. The van der Waals surface area contributed by atoms with E-state index in [0.717, 1.165) is 15.8 Å². The van der Waals surface area contributed by atoms with Crippen molar-refractivity contribution in [2.75, 3.05) is 18.2 Å². The molecule has 0 saturated carbocycles. The minimum Gasteiger partial charge on any atom is -0.507 e. The van der Waals surface area contributed by atoms with Gasteiger partial charge in [-0.05, 0) is 48.4 Å². The number of aliphatic hydroxyl groups excluding tert-OH is 1. The maximum atomic E-state index is 12.8. The number of carbonyl (C=O) groups excluding carboxylic acids is 1. The molecule has 0 bridgehead atoms. The molecule has 1 amide bonds. The van der Waals surface area contributed by atoms with Gasteiger partial charge in [-0.25, -0.2) is 4.79 Å². The Labute approximate surface area is 181 Å². The van der Waals surface area contributed by atoms with Crippen LogP contribution < -0.4 is 5.32 Å². The fourth-order valence-corrected chi connectivity index (χ4v) is 3.94. The summed E-state index contributed by atoms with van der Waals surface area (Å²) in [4.78, 5) is 13.9. The van der Waals surface area contributed by atoms with Crippen LogP contribution in [0.4, 0.5) is 10.5 Å². The normalized spacial score (nSPS) is 12.5. The van der Waals surface area contributed by atoms with Crippen molar-refractivity contribution in [3.63, 3.8) is 0 Å². The zero-order valence-corrected chi connectivity index (χ0v) is 18.2. The van der Waals surface area contributed by atoms with Crippen LogP contribution in [0.15, 0.2) is 65.6 Å². The zero-order chi connectivity index (χ0) is 21.7. The molecule has 30 heavy (non-hydrogen) atoms. The molecule has 3 rings (SSSR count). The fourth-order valence-electron chi connectivity index (χ4n) is 3.53. The molecule has 0 aliphatic carbocycles. The molecule has 0 aromatic heterocycles. The summed E-state index contributed by atoms with van der Waals surface area (Å²) in [5.74, 6) is 0.173. The smallest absolute Gasteiger partial charge is 0.412 e. The number of hydrogen-bond acceptors (Lipinski definition) is 5. The molecule has 0 aliphatic heterocycles. The molecule has 3 aromatic carbocycles. The molecule has 6 heteroatoms. The Balaban J connectivity index is 1.94. The highest BCUT2D eigenvalue weighted by Gasteiger charge is 2.35. The quantitative estimate of drug-likeness (QED) is 0.407. The number of fused-ring (bicyclic) bond motifs is 1. The van der Waals surface area contributed by atoms with E-state index in [9.17, 15) is 15.0 Å². The van der Waals surface area contributed by atoms with Crippen molar-refractivity contribution in [1.29, 1.82) is 0 Å². The number of thioether (sulfide) groups is 1. The van der Waals surface area contributed by atoms with Crippen LogP contribution in [-0.4, -0.2) is 29.2 Å². The van der Waals surface area contributed by atoms with Crippen molar-refractivity contribution < 1.29 is 19.7 Å². The number of amides is 1. The third-order valence-corrected chi connectivity index (χ3v) is 5.99. The van der Waals surface area contributed by atoms with E-state index in [2.05, 4.69) is 5.32 Å². The van der Waals surface area contributed by atoms with E-state index in [1.54, 1.807) is 23.9 Å². The van der Waals surface area contributed by atoms with Crippen molar-refractivity contribution >= 4 is 34.3 Å².